The summed E-state index contributed by atoms with van der Waals surface area (Å²) in [5.41, 5.74) is 0. The standard InChI is InChI=1S/C10H20O2/c1-2-3-8-12-10-6-4-9(11)5-7-10/h9-11H,2-8H2,1H3/t9-,10+. The predicted molar refractivity (Wildman–Crippen MR) is 49.1 cm³/mol. The van der Waals surface area contributed by atoms with E-state index in [1.807, 2.05) is 0 Å². The van der Waals surface area contributed by atoms with Crippen LogP contribution >= 0.6 is 0 Å². The van der Waals surface area contributed by atoms with Crippen LogP contribution in [0.25, 0.3) is 0 Å². The van der Waals surface area contributed by atoms with Crippen LogP contribution in [0.1, 0.15) is 45.4 Å². The van der Waals surface area contributed by atoms with Crippen LogP contribution in [-0.4, -0.2) is 23.9 Å². The maximum Gasteiger partial charge on any atom is 0.0577 e. The molecule has 0 radical (unpaired) electrons. The van der Waals surface area contributed by atoms with E-state index in [4.69, 9.17) is 4.74 Å². The first-order valence-corrected chi connectivity index (χ1v) is 5.12. The molecule has 0 aliphatic heterocycles. The lowest BCUT2D eigenvalue weighted by atomic mass is 9.95. The Bertz CT molecular complexity index is 106. The van der Waals surface area contributed by atoms with Gasteiger partial charge in [-0.1, -0.05) is 13.3 Å². The summed E-state index contributed by atoms with van der Waals surface area (Å²) in [5.74, 6) is 0. The lowest BCUT2D eigenvalue weighted by molar-refractivity contribution is -0.00405. The molecule has 1 N–H and O–H groups in total. The van der Waals surface area contributed by atoms with Gasteiger partial charge in [-0.15, -0.1) is 0 Å². The molecular weight excluding hydrogens is 152 g/mol. The fraction of sp³-hybridized carbons (Fsp3) is 1.00. The molecule has 0 aromatic rings. The molecule has 12 heavy (non-hydrogen) atoms. The van der Waals surface area contributed by atoms with Gasteiger partial charge in [0.2, 0.25) is 0 Å². The minimum atomic E-state index is -0.0592. The summed E-state index contributed by atoms with van der Waals surface area (Å²) in [5, 5.41) is 9.24. The topological polar surface area (TPSA) is 29.5 Å². The van der Waals surface area contributed by atoms with Crippen molar-refractivity contribution in [1.29, 1.82) is 0 Å². The summed E-state index contributed by atoms with van der Waals surface area (Å²) in [6.07, 6.45) is 6.69. The zero-order valence-electron chi connectivity index (χ0n) is 7.96. The maximum atomic E-state index is 9.24. The van der Waals surface area contributed by atoms with Gasteiger partial charge in [0.1, 0.15) is 0 Å². The van der Waals surface area contributed by atoms with Gasteiger partial charge < -0.3 is 9.84 Å². The Balaban J connectivity index is 2.01. The minimum Gasteiger partial charge on any atom is -0.393 e. The summed E-state index contributed by atoms with van der Waals surface area (Å²) in [7, 11) is 0. The number of aliphatic hydroxyl groups excluding tert-OH is 1. The second-order valence-electron chi connectivity index (χ2n) is 3.65. The number of ether oxygens (including phenoxy) is 1. The average molecular weight is 172 g/mol. The van der Waals surface area contributed by atoms with E-state index in [-0.39, 0.29) is 6.10 Å². The van der Waals surface area contributed by atoms with Crippen molar-refractivity contribution < 1.29 is 9.84 Å². The number of rotatable bonds is 4. The molecule has 0 atom stereocenters. The highest BCUT2D eigenvalue weighted by Gasteiger charge is 2.19. The van der Waals surface area contributed by atoms with Crippen LogP contribution in [0.5, 0.6) is 0 Å². The van der Waals surface area contributed by atoms with Crippen molar-refractivity contribution in [2.45, 2.75) is 57.7 Å². The molecule has 0 aromatic heterocycles. The van der Waals surface area contributed by atoms with E-state index in [9.17, 15) is 5.11 Å². The van der Waals surface area contributed by atoms with Crippen molar-refractivity contribution in [3.8, 4) is 0 Å². The fourth-order valence-corrected chi connectivity index (χ4v) is 1.61. The second kappa shape index (κ2) is 5.55. The lowest BCUT2D eigenvalue weighted by Gasteiger charge is -2.25. The van der Waals surface area contributed by atoms with E-state index in [1.165, 1.54) is 12.8 Å². The molecule has 1 rings (SSSR count). The largest absolute Gasteiger partial charge is 0.393 e. The van der Waals surface area contributed by atoms with Gasteiger partial charge in [0.25, 0.3) is 0 Å². The van der Waals surface area contributed by atoms with E-state index in [0.29, 0.717) is 6.10 Å². The molecule has 72 valence electrons. The Morgan fingerprint density at radius 2 is 1.92 bits per heavy atom. The summed E-state index contributed by atoms with van der Waals surface area (Å²) < 4.78 is 5.66. The highest BCUT2D eigenvalue weighted by atomic mass is 16.5. The van der Waals surface area contributed by atoms with E-state index in [0.717, 1.165) is 32.3 Å². The van der Waals surface area contributed by atoms with Gasteiger partial charge in [-0.3, -0.25) is 0 Å². The van der Waals surface area contributed by atoms with Crippen molar-refractivity contribution >= 4 is 0 Å². The Hall–Kier alpha value is -0.0800. The minimum absolute atomic E-state index is 0.0592. The molecule has 0 aromatic carbocycles. The molecule has 0 spiro atoms. The first-order chi connectivity index (χ1) is 5.83. The van der Waals surface area contributed by atoms with E-state index >= 15 is 0 Å². The van der Waals surface area contributed by atoms with E-state index in [2.05, 4.69) is 6.92 Å². The van der Waals surface area contributed by atoms with Crippen LogP contribution in [0, 0.1) is 0 Å². The smallest absolute Gasteiger partial charge is 0.0577 e. The Labute approximate surface area is 74.9 Å². The van der Waals surface area contributed by atoms with Gasteiger partial charge in [-0.25, -0.2) is 0 Å². The van der Waals surface area contributed by atoms with Crippen LogP contribution < -0.4 is 0 Å². The first kappa shape index (κ1) is 10.0. The zero-order valence-corrected chi connectivity index (χ0v) is 7.96. The first-order valence-electron chi connectivity index (χ1n) is 5.12. The molecule has 2 nitrogen and oxygen atoms in total. The van der Waals surface area contributed by atoms with Gasteiger partial charge >= 0.3 is 0 Å². The zero-order chi connectivity index (χ0) is 8.81. The van der Waals surface area contributed by atoms with Crippen LogP contribution in [0.15, 0.2) is 0 Å². The third-order valence-corrected chi connectivity index (χ3v) is 2.50. The highest BCUT2D eigenvalue weighted by molar-refractivity contribution is 4.71. The van der Waals surface area contributed by atoms with Crippen molar-refractivity contribution in [3.05, 3.63) is 0 Å². The number of unbranched alkanes of at least 4 members (excludes halogenated alkanes) is 1. The van der Waals surface area contributed by atoms with Crippen LogP contribution in [0.4, 0.5) is 0 Å². The quantitative estimate of drug-likeness (QED) is 0.658. The van der Waals surface area contributed by atoms with Gasteiger partial charge in [-0.2, -0.15) is 0 Å². The van der Waals surface area contributed by atoms with E-state index < -0.39 is 0 Å². The van der Waals surface area contributed by atoms with Crippen molar-refractivity contribution in [3.63, 3.8) is 0 Å². The second-order valence-corrected chi connectivity index (χ2v) is 3.65. The SMILES string of the molecule is CCCCO[C@H]1CC[C@@H](O)CC1. The molecule has 0 unspecified atom stereocenters. The van der Waals surface area contributed by atoms with Gasteiger partial charge in [-0.05, 0) is 32.1 Å². The molecule has 1 fully saturated rings. The predicted octanol–water partition coefficient (Wildman–Crippen LogP) is 2.11. The van der Waals surface area contributed by atoms with Crippen LogP contribution in [-0.2, 0) is 4.74 Å². The van der Waals surface area contributed by atoms with Crippen molar-refractivity contribution in [2.75, 3.05) is 6.61 Å². The molecule has 0 heterocycles. The maximum absolute atomic E-state index is 9.24. The van der Waals surface area contributed by atoms with Crippen LogP contribution in [0.2, 0.25) is 0 Å². The summed E-state index contributed by atoms with van der Waals surface area (Å²) in [4.78, 5) is 0. The summed E-state index contributed by atoms with van der Waals surface area (Å²) in [6, 6.07) is 0. The van der Waals surface area contributed by atoms with Crippen molar-refractivity contribution in [1.82, 2.24) is 0 Å². The summed E-state index contributed by atoms with van der Waals surface area (Å²) >= 11 is 0. The van der Waals surface area contributed by atoms with Gasteiger partial charge in [0.05, 0.1) is 12.2 Å². The molecule has 1 aliphatic carbocycles. The third-order valence-electron chi connectivity index (χ3n) is 2.50. The van der Waals surface area contributed by atoms with Crippen molar-refractivity contribution in [2.24, 2.45) is 0 Å². The fourth-order valence-electron chi connectivity index (χ4n) is 1.61. The Morgan fingerprint density at radius 3 is 2.50 bits per heavy atom. The molecule has 1 aliphatic rings. The Kier molecular flexibility index (Phi) is 4.62. The molecule has 2 heteroatoms. The monoisotopic (exact) mass is 172 g/mol. The van der Waals surface area contributed by atoms with Gasteiger partial charge in [0, 0.05) is 6.61 Å². The molecular formula is C10H20O2. The summed E-state index contributed by atoms with van der Waals surface area (Å²) in [6.45, 7) is 3.07. The Morgan fingerprint density at radius 1 is 1.25 bits per heavy atom. The highest BCUT2D eigenvalue weighted by Crippen LogP contribution is 2.20. The number of hydrogen-bond acceptors (Lipinski definition) is 2. The van der Waals surface area contributed by atoms with E-state index in [1.54, 1.807) is 0 Å². The third kappa shape index (κ3) is 3.55. The van der Waals surface area contributed by atoms with Gasteiger partial charge in [0.15, 0.2) is 0 Å². The number of hydrogen-bond donors (Lipinski definition) is 1. The number of aliphatic hydroxyl groups is 1. The molecule has 0 bridgehead atoms. The molecule has 0 amide bonds. The lowest BCUT2D eigenvalue weighted by Crippen LogP contribution is -2.24. The molecule has 0 saturated heterocycles. The molecule has 1 saturated carbocycles. The van der Waals surface area contributed by atoms with Crippen LogP contribution in [0.3, 0.4) is 0 Å². The normalized spacial score (nSPS) is 30.5. The average Bonchev–Trinajstić information content (AvgIpc) is 2.09.